The van der Waals surface area contributed by atoms with Gasteiger partial charge < -0.3 is 47.7 Å². The number of phenols is 1. The number of rotatable bonds is 9. The number of carbonyl (C=O) groups is 4. The molecule has 0 radical (unpaired) electrons. The van der Waals surface area contributed by atoms with Gasteiger partial charge in [0.25, 0.3) is 0 Å². The number of aromatic hydroxyl groups is 1. The summed E-state index contributed by atoms with van der Waals surface area (Å²) in [4.78, 5) is 43.7. The van der Waals surface area contributed by atoms with Crippen molar-refractivity contribution in [3.05, 3.63) is 65.9 Å². The number of fused-ring (bicyclic) bond motifs is 1. The zero-order valence-electron chi connectivity index (χ0n) is 19.7. The van der Waals surface area contributed by atoms with Crippen LogP contribution in [0.5, 0.6) is 5.75 Å². The van der Waals surface area contributed by atoms with E-state index in [9.17, 15) is 19.2 Å². The molecule has 1 heterocycles. The van der Waals surface area contributed by atoms with Crippen molar-refractivity contribution in [3.8, 4) is 5.75 Å². The first kappa shape index (κ1) is 30.6. The fourth-order valence-electron chi connectivity index (χ4n) is 2.87. The second-order valence-electron chi connectivity index (χ2n) is 7.87. The predicted octanol–water partition coefficient (Wildman–Crippen LogP) is 0.342. The highest BCUT2D eigenvalue weighted by atomic mass is 16.4. The summed E-state index contributed by atoms with van der Waals surface area (Å²) < 4.78 is 0. The van der Waals surface area contributed by atoms with Crippen LogP contribution in [0.25, 0.3) is 10.9 Å². The van der Waals surface area contributed by atoms with Crippen molar-refractivity contribution in [2.75, 3.05) is 0 Å². The molecule has 0 amide bonds. The average molecular weight is 519 g/mol. The van der Waals surface area contributed by atoms with E-state index in [0.717, 1.165) is 22.0 Å². The van der Waals surface area contributed by atoms with Crippen molar-refractivity contribution < 1.29 is 44.7 Å². The zero-order chi connectivity index (χ0) is 28.1. The lowest BCUT2D eigenvalue weighted by molar-refractivity contribution is -0.144. The first-order valence-corrected chi connectivity index (χ1v) is 10.8. The van der Waals surface area contributed by atoms with Gasteiger partial charge in [0.1, 0.15) is 23.9 Å². The van der Waals surface area contributed by atoms with E-state index >= 15 is 0 Å². The quantitative estimate of drug-likeness (QED) is 0.186. The van der Waals surface area contributed by atoms with Gasteiger partial charge in [0, 0.05) is 23.5 Å². The molecule has 3 aromatic rings. The summed E-state index contributed by atoms with van der Waals surface area (Å²) in [5.41, 5.74) is 18.4. The number of aromatic amines is 1. The van der Waals surface area contributed by atoms with Crippen LogP contribution in [0.2, 0.25) is 0 Å². The van der Waals surface area contributed by atoms with E-state index in [0.29, 0.717) is 6.42 Å². The van der Waals surface area contributed by atoms with Crippen molar-refractivity contribution in [2.24, 2.45) is 17.2 Å². The molecule has 2 aromatic carbocycles. The van der Waals surface area contributed by atoms with Crippen molar-refractivity contribution in [1.82, 2.24) is 4.98 Å². The minimum atomic E-state index is -1.29. The van der Waals surface area contributed by atoms with Crippen LogP contribution >= 0.6 is 0 Å². The summed E-state index contributed by atoms with van der Waals surface area (Å²) in [6.07, 6.45) is 1.90. The van der Waals surface area contributed by atoms with E-state index in [2.05, 4.69) is 4.98 Å². The van der Waals surface area contributed by atoms with Gasteiger partial charge in [-0.1, -0.05) is 30.3 Å². The van der Waals surface area contributed by atoms with Crippen LogP contribution in [0.1, 0.15) is 17.5 Å². The molecule has 3 unspecified atom stereocenters. The van der Waals surface area contributed by atoms with E-state index in [1.807, 2.05) is 30.5 Å². The summed E-state index contributed by atoms with van der Waals surface area (Å²) in [6, 6.07) is 11.0. The highest BCUT2D eigenvalue weighted by molar-refractivity contribution is 5.84. The van der Waals surface area contributed by atoms with Crippen LogP contribution in [-0.2, 0) is 32.0 Å². The minimum Gasteiger partial charge on any atom is -0.508 e. The Kier molecular flexibility index (Phi) is 12.3. The Morgan fingerprint density at radius 2 is 1.24 bits per heavy atom. The van der Waals surface area contributed by atoms with Gasteiger partial charge in [0.15, 0.2) is 0 Å². The fourth-order valence-corrected chi connectivity index (χ4v) is 2.87. The molecule has 3 atom stereocenters. The van der Waals surface area contributed by atoms with E-state index < -0.39 is 48.4 Å². The smallest absolute Gasteiger partial charge is 0.321 e. The molecule has 0 bridgehead atoms. The highest BCUT2D eigenvalue weighted by Gasteiger charge is 2.15. The molecule has 3 rings (SSSR count). The molecule has 13 nitrogen and oxygen atoms in total. The minimum absolute atomic E-state index is 0.160. The lowest BCUT2D eigenvalue weighted by Gasteiger charge is -2.05. The third-order valence-corrected chi connectivity index (χ3v) is 4.85. The van der Waals surface area contributed by atoms with Crippen molar-refractivity contribution in [1.29, 1.82) is 0 Å². The summed E-state index contributed by atoms with van der Waals surface area (Å²) in [7, 11) is 0. The SMILES string of the molecule is NC(CC(=O)O)C(=O)O.NC(Cc1c[nH]c2ccccc12)C(=O)O.NC(Cc1ccc(O)cc1)C(=O)O. The van der Waals surface area contributed by atoms with Crippen LogP contribution in [0, 0.1) is 0 Å². The number of carboxylic acid groups (broad SMARTS) is 4. The summed E-state index contributed by atoms with van der Waals surface area (Å²) in [5.74, 6) is -4.33. The van der Waals surface area contributed by atoms with Crippen molar-refractivity contribution in [3.63, 3.8) is 0 Å². The molecule has 0 aliphatic heterocycles. The number of nitrogens with two attached hydrogens (primary N) is 3. The maximum absolute atomic E-state index is 10.6. The van der Waals surface area contributed by atoms with Gasteiger partial charge in [0.2, 0.25) is 0 Å². The number of hydrogen-bond donors (Lipinski definition) is 9. The Labute approximate surface area is 211 Å². The molecule has 0 saturated carbocycles. The Balaban J connectivity index is 0.000000288. The second-order valence-corrected chi connectivity index (χ2v) is 7.87. The van der Waals surface area contributed by atoms with Gasteiger partial charge >= 0.3 is 23.9 Å². The second kappa shape index (κ2) is 14.8. The largest absolute Gasteiger partial charge is 0.508 e. The standard InChI is InChI=1S/C11H12N2O2.C9H11NO3.C4H7NO4/c12-9(11(14)15)5-7-6-13-10-4-2-1-3-8(7)10;10-8(9(12)13)5-6-1-3-7(11)4-2-6;5-2(4(8)9)1-3(6)7/h1-4,6,9,13H,5,12H2,(H,14,15);1-4,8,11H,5,10H2,(H,12,13);2H,1,5H2,(H,6,7)(H,8,9). The topological polar surface area (TPSA) is 263 Å². The Hall–Kier alpha value is -4.46. The number of hydrogen-bond acceptors (Lipinski definition) is 8. The van der Waals surface area contributed by atoms with Crippen LogP contribution < -0.4 is 17.2 Å². The normalized spacial score (nSPS) is 12.6. The molecule has 0 aliphatic rings. The van der Waals surface area contributed by atoms with Gasteiger partial charge in [0.05, 0.1) is 6.42 Å². The number of carboxylic acids is 4. The molecule has 13 heteroatoms. The zero-order valence-corrected chi connectivity index (χ0v) is 19.7. The number of aliphatic carboxylic acids is 4. The van der Waals surface area contributed by atoms with Crippen LogP contribution in [-0.4, -0.2) is 72.5 Å². The molecule has 0 spiro atoms. The Morgan fingerprint density at radius 1 is 0.730 bits per heavy atom. The van der Waals surface area contributed by atoms with Gasteiger partial charge in [-0.15, -0.1) is 0 Å². The third-order valence-electron chi connectivity index (χ3n) is 4.85. The third kappa shape index (κ3) is 11.2. The molecule has 12 N–H and O–H groups in total. The molecule has 0 fully saturated rings. The molecular weight excluding hydrogens is 488 g/mol. The first-order chi connectivity index (χ1) is 17.3. The molecular formula is C24H30N4O9. The maximum atomic E-state index is 10.6. The van der Waals surface area contributed by atoms with Crippen LogP contribution in [0.15, 0.2) is 54.7 Å². The van der Waals surface area contributed by atoms with Crippen molar-refractivity contribution in [2.45, 2.75) is 37.4 Å². The van der Waals surface area contributed by atoms with E-state index in [1.165, 1.54) is 12.1 Å². The van der Waals surface area contributed by atoms with E-state index in [4.69, 9.17) is 42.7 Å². The van der Waals surface area contributed by atoms with E-state index in [1.54, 1.807) is 12.1 Å². The van der Waals surface area contributed by atoms with Gasteiger partial charge in [-0.05, 0) is 35.7 Å². The first-order valence-electron chi connectivity index (χ1n) is 10.8. The van der Waals surface area contributed by atoms with Crippen LogP contribution in [0.3, 0.4) is 0 Å². The number of para-hydroxylation sites is 1. The molecule has 1 aromatic heterocycles. The number of phenolic OH excluding ortho intramolecular Hbond substituents is 1. The van der Waals surface area contributed by atoms with Gasteiger partial charge in [-0.25, -0.2) is 0 Å². The monoisotopic (exact) mass is 518 g/mol. The number of aromatic nitrogens is 1. The number of nitrogens with one attached hydrogen (secondary N) is 1. The number of benzene rings is 2. The highest BCUT2D eigenvalue weighted by Crippen LogP contribution is 2.18. The Bertz CT molecular complexity index is 1190. The number of H-pyrrole nitrogens is 1. The molecule has 37 heavy (non-hydrogen) atoms. The predicted molar refractivity (Wildman–Crippen MR) is 133 cm³/mol. The van der Waals surface area contributed by atoms with Gasteiger partial charge in [-0.2, -0.15) is 0 Å². The maximum Gasteiger partial charge on any atom is 0.321 e. The lowest BCUT2D eigenvalue weighted by atomic mass is 10.1. The van der Waals surface area contributed by atoms with Gasteiger partial charge in [-0.3, -0.25) is 19.2 Å². The lowest BCUT2D eigenvalue weighted by Crippen LogP contribution is -2.32. The molecule has 0 aliphatic carbocycles. The molecule has 200 valence electrons. The van der Waals surface area contributed by atoms with E-state index in [-0.39, 0.29) is 12.2 Å². The van der Waals surface area contributed by atoms with Crippen LogP contribution in [0.4, 0.5) is 0 Å². The fraction of sp³-hybridized carbons (Fsp3) is 0.250. The summed E-state index contributed by atoms with van der Waals surface area (Å²) >= 11 is 0. The summed E-state index contributed by atoms with van der Waals surface area (Å²) in [5, 5.41) is 43.3. The summed E-state index contributed by atoms with van der Waals surface area (Å²) in [6.45, 7) is 0. The van der Waals surface area contributed by atoms with Crippen molar-refractivity contribution >= 4 is 34.8 Å². The molecule has 0 saturated heterocycles. The Morgan fingerprint density at radius 3 is 1.73 bits per heavy atom. The average Bonchev–Trinajstić information content (AvgIpc) is 3.23.